The quantitative estimate of drug-likeness (QED) is 0.515. The first-order chi connectivity index (χ1) is 14.1. The molecule has 1 N–H and O–H groups in total. The first-order valence-corrected chi connectivity index (χ1v) is 11.1. The monoisotopic (exact) mass is 462 g/mol. The van der Waals surface area contributed by atoms with Gasteiger partial charge in [0.05, 0.1) is 17.4 Å². The van der Waals surface area contributed by atoms with E-state index in [0.717, 1.165) is 52.5 Å². The molecular weight excluding hydrogens is 441 g/mol. The van der Waals surface area contributed by atoms with Gasteiger partial charge in [0.25, 0.3) is 0 Å². The first-order valence-electron chi connectivity index (χ1n) is 9.39. The predicted octanol–water partition coefficient (Wildman–Crippen LogP) is 4.07. The maximum Gasteiger partial charge on any atom is 0.451 e. The van der Waals surface area contributed by atoms with Crippen molar-refractivity contribution in [3.05, 3.63) is 21.8 Å². The van der Waals surface area contributed by atoms with Gasteiger partial charge >= 0.3 is 12.1 Å². The third-order valence-electron chi connectivity index (χ3n) is 4.63. The summed E-state index contributed by atoms with van der Waals surface area (Å²) in [6.07, 6.45) is -1.06. The van der Waals surface area contributed by atoms with Gasteiger partial charge in [-0.15, -0.1) is 21.5 Å². The lowest BCUT2D eigenvalue weighted by Gasteiger charge is -2.13. The molecule has 0 bridgehead atoms. The number of aryl methyl sites for hydroxylation is 1. The molecule has 0 aromatic carbocycles. The van der Waals surface area contributed by atoms with Crippen LogP contribution in [0.4, 0.5) is 18.2 Å². The Kier molecular flexibility index (Phi) is 6.75. The number of aromatic nitrogens is 3. The second kappa shape index (κ2) is 8.96. The predicted molar refractivity (Wildman–Crippen MR) is 107 cm³/mol. The number of carbonyl (C=O) groups is 2. The van der Waals surface area contributed by atoms with E-state index in [1.807, 2.05) is 0 Å². The highest BCUT2D eigenvalue weighted by molar-refractivity contribution is 8.00. The molecule has 0 fully saturated rings. The topological polar surface area (TPSA) is 86.1 Å². The number of amides is 1. The van der Waals surface area contributed by atoms with E-state index < -0.39 is 29.1 Å². The van der Waals surface area contributed by atoms with Gasteiger partial charge in [-0.25, -0.2) is 4.79 Å². The molecule has 1 aliphatic carbocycles. The Bertz CT molecular complexity index is 955. The highest BCUT2D eigenvalue weighted by atomic mass is 32.2. The third kappa shape index (κ3) is 4.64. The number of hydrogen-bond acceptors (Lipinski definition) is 7. The number of rotatable bonds is 6. The molecule has 7 nitrogen and oxygen atoms in total. The van der Waals surface area contributed by atoms with Crippen LogP contribution in [-0.4, -0.2) is 38.5 Å². The van der Waals surface area contributed by atoms with E-state index in [4.69, 9.17) is 4.74 Å². The molecule has 164 valence electrons. The SMILES string of the molecule is CCOC(=O)c1c(NC(=O)[C@H](C)Sc2nnc(C(F)(F)F)n2C)sc2c1CCCC2. The number of carbonyl (C=O) groups excluding carboxylic acids is 2. The summed E-state index contributed by atoms with van der Waals surface area (Å²) in [7, 11) is 1.20. The van der Waals surface area contributed by atoms with Crippen LogP contribution in [0.25, 0.3) is 0 Å². The standard InChI is InChI=1S/C18H21F3N4O3S2/c1-4-28-15(27)12-10-7-5-6-8-11(10)30-14(12)22-13(26)9(2)29-17-24-23-16(25(17)3)18(19,20)21/h9H,4-8H2,1-3H3,(H,22,26)/t9-/m0/s1. The molecule has 1 aliphatic rings. The second-order valence-electron chi connectivity index (χ2n) is 6.75. The summed E-state index contributed by atoms with van der Waals surface area (Å²) in [5.74, 6) is -2.05. The summed E-state index contributed by atoms with van der Waals surface area (Å²) < 4.78 is 44.6. The zero-order chi connectivity index (χ0) is 22.1. The van der Waals surface area contributed by atoms with Gasteiger partial charge in [-0.2, -0.15) is 13.2 Å². The van der Waals surface area contributed by atoms with Crippen LogP contribution in [0.3, 0.4) is 0 Å². The number of anilines is 1. The van der Waals surface area contributed by atoms with Crippen LogP contribution in [0, 0.1) is 0 Å². The van der Waals surface area contributed by atoms with Gasteiger partial charge in [-0.1, -0.05) is 11.8 Å². The van der Waals surface area contributed by atoms with E-state index in [9.17, 15) is 22.8 Å². The minimum atomic E-state index is -4.63. The summed E-state index contributed by atoms with van der Waals surface area (Å²) in [5.41, 5.74) is 1.31. The molecule has 1 amide bonds. The van der Waals surface area contributed by atoms with Crippen LogP contribution in [0.1, 0.15) is 53.3 Å². The van der Waals surface area contributed by atoms with Crippen LogP contribution in [0.2, 0.25) is 0 Å². The van der Waals surface area contributed by atoms with Crippen molar-refractivity contribution in [2.24, 2.45) is 7.05 Å². The van der Waals surface area contributed by atoms with Crippen molar-refractivity contribution in [1.82, 2.24) is 14.8 Å². The Morgan fingerprint density at radius 1 is 1.30 bits per heavy atom. The van der Waals surface area contributed by atoms with Crippen molar-refractivity contribution >= 4 is 40.0 Å². The molecule has 0 aliphatic heterocycles. The average Bonchev–Trinajstić information content (AvgIpc) is 3.21. The first kappa shape index (κ1) is 22.6. The van der Waals surface area contributed by atoms with Gasteiger partial charge in [0.2, 0.25) is 11.7 Å². The number of thioether (sulfide) groups is 1. The number of thiophene rings is 1. The number of halogens is 3. The zero-order valence-corrected chi connectivity index (χ0v) is 18.3. The van der Waals surface area contributed by atoms with E-state index in [0.29, 0.717) is 10.6 Å². The van der Waals surface area contributed by atoms with Crippen LogP contribution >= 0.6 is 23.1 Å². The summed E-state index contributed by atoms with van der Waals surface area (Å²) in [6, 6.07) is 0. The minimum absolute atomic E-state index is 0.0268. The molecule has 0 spiro atoms. The molecule has 2 aromatic rings. The normalized spacial score (nSPS) is 14.9. The average molecular weight is 463 g/mol. The fourth-order valence-electron chi connectivity index (χ4n) is 3.16. The largest absolute Gasteiger partial charge is 0.462 e. The third-order valence-corrected chi connectivity index (χ3v) is 6.97. The van der Waals surface area contributed by atoms with Crippen LogP contribution < -0.4 is 5.32 Å². The lowest BCUT2D eigenvalue weighted by molar-refractivity contribution is -0.147. The van der Waals surface area contributed by atoms with Crippen molar-refractivity contribution in [3.8, 4) is 0 Å². The lowest BCUT2D eigenvalue weighted by atomic mass is 9.95. The molecular formula is C18H21F3N4O3S2. The van der Waals surface area contributed by atoms with E-state index in [1.54, 1.807) is 13.8 Å². The number of fused-ring (bicyclic) bond motifs is 1. The molecule has 1 atom stereocenters. The molecule has 2 heterocycles. The summed E-state index contributed by atoms with van der Waals surface area (Å²) in [4.78, 5) is 26.3. The van der Waals surface area contributed by atoms with Gasteiger partial charge in [-0.05, 0) is 45.1 Å². The summed E-state index contributed by atoms with van der Waals surface area (Å²) >= 11 is 2.21. The number of esters is 1. The fraction of sp³-hybridized carbons (Fsp3) is 0.556. The maximum atomic E-state index is 12.9. The van der Waals surface area contributed by atoms with Gasteiger partial charge in [0, 0.05) is 11.9 Å². The highest BCUT2D eigenvalue weighted by Gasteiger charge is 2.38. The fourth-order valence-corrected chi connectivity index (χ4v) is 5.26. The van der Waals surface area contributed by atoms with Gasteiger partial charge < -0.3 is 14.6 Å². The minimum Gasteiger partial charge on any atom is -0.462 e. The van der Waals surface area contributed by atoms with E-state index in [-0.39, 0.29) is 11.8 Å². The molecule has 2 aromatic heterocycles. The van der Waals surface area contributed by atoms with Gasteiger partial charge in [0.1, 0.15) is 5.00 Å². The molecule has 3 rings (SSSR count). The van der Waals surface area contributed by atoms with Crippen molar-refractivity contribution in [1.29, 1.82) is 0 Å². The number of hydrogen-bond donors (Lipinski definition) is 1. The van der Waals surface area contributed by atoms with E-state index >= 15 is 0 Å². The van der Waals surface area contributed by atoms with Gasteiger partial charge in [-0.3, -0.25) is 4.79 Å². The molecule has 12 heteroatoms. The maximum absolute atomic E-state index is 12.9. The number of ether oxygens (including phenoxy) is 1. The highest BCUT2D eigenvalue weighted by Crippen LogP contribution is 2.39. The smallest absolute Gasteiger partial charge is 0.451 e. The number of nitrogens with one attached hydrogen (secondary N) is 1. The Balaban J connectivity index is 1.78. The summed E-state index contributed by atoms with van der Waals surface area (Å²) in [6.45, 7) is 3.49. The Hall–Kier alpha value is -2.08. The van der Waals surface area contributed by atoms with Crippen molar-refractivity contribution in [2.45, 2.75) is 56.1 Å². The molecule has 30 heavy (non-hydrogen) atoms. The lowest BCUT2D eigenvalue weighted by Crippen LogP contribution is -2.24. The van der Waals surface area contributed by atoms with Crippen molar-refractivity contribution < 1.29 is 27.5 Å². The zero-order valence-electron chi connectivity index (χ0n) is 16.6. The summed E-state index contributed by atoms with van der Waals surface area (Å²) in [5, 5.41) is 9.10. The Morgan fingerprint density at radius 3 is 2.63 bits per heavy atom. The van der Waals surface area contributed by atoms with Crippen molar-refractivity contribution in [3.63, 3.8) is 0 Å². The molecule has 0 radical (unpaired) electrons. The Morgan fingerprint density at radius 2 is 2.00 bits per heavy atom. The molecule has 0 unspecified atom stereocenters. The van der Waals surface area contributed by atoms with Crippen LogP contribution in [0.5, 0.6) is 0 Å². The number of nitrogens with zero attached hydrogens (tertiary/aromatic N) is 3. The van der Waals surface area contributed by atoms with E-state index in [2.05, 4.69) is 15.5 Å². The van der Waals surface area contributed by atoms with E-state index in [1.165, 1.54) is 18.4 Å². The van der Waals surface area contributed by atoms with Gasteiger partial charge in [0.15, 0.2) is 5.16 Å². The molecule has 0 saturated carbocycles. The van der Waals surface area contributed by atoms with Crippen molar-refractivity contribution in [2.75, 3.05) is 11.9 Å². The van der Waals surface area contributed by atoms with Crippen LogP contribution in [0.15, 0.2) is 5.16 Å². The molecule has 0 saturated heterocycles. The second-order valence-corrected chi connectivity index (χ2v) is 9.16. The van der Waals surface area contributed by atoms with Crippen LogP contribution in [-0.2, 0) is 35.6 Å². The number of alkyl halides is 3. The Labute approximate surface area is 179 Å².